The molecule has 27 heavy (non-hydrogen) atoms. The molecule has 1 saturated heterocycles. The van der Waals surface area contributed by atoms with Crippen LogP contribution in [-0.2, 0) is 17.9 Å². The molecule has 2 amide bonds. The van der Waals surface area contributed by atoms with Crippen LogP contribution in [-0.4, -0.2) is 63.9 Å². The van der Waals surface area contributed by atoms with E-state index in [9.17, 15) is 9.59 Å². The van der Waals surface area contributed by atoms with Crippen molar-refractivity contribution in [2.75, 3.05) is 32.1 Å². The highest BCUT2D eigenvalue weighted by Crippen LogP contribution is 2.17. The normalized spacial score (nSPS) is 14.1. The summed E-state index contributed by atoms with van der Waals surface area (Å²) < 4.78 is 1.35. The maximum absolute atomic E-state index is 12.2. The number of anilines is 1. The molecule has 9 heteroatoms. The number of pyridine rings is 1. The molecule has 0 bridgehead atoms. The van der Waals surface area contributed by atoms with Crippen LogP contribution in [0.4, 0.5) is 5.82 Å². The molecule has 9 nitrogen and oxygen atoms in total. The summed E-state index contributed by atoms with van der Waals surface area (Å²) in [6.07, 6.45) is 6.96. The molecule has 0 radical (unpaired) electrons. The Bertz CT molecular complexity index is 779. The number of piperidine rings is 1. The van der Waals surface area contributed by atoms with Crippen molar-refractivity contribution >= 4 is 17.6 Å². The summed E-state index contributed by atoms with van der Waals surface area (Å²) >= 11 is 0. The van der Waals surface area contributed by atoms with Gasteiger partial charge in [-0.3, -0.25) is 9.59 Å². The van der Waals surface area contributed by atoms with Crippen molar-refractivity contribution in [1.29, 1.82) is 0 Å². The first kappa shape index (κ1) is 18.8. The number of hydrogen-bond acceptors (Lipinski definition) is 6. The Labute approximate surface area is 158 Å². The first-order chi connectivity index (χ1) is 13.0. The molecular formula is C18H25N7O2. The first-order valence-corrected chi connectivity index (χ1v) is 9.11. The van der Waals surface area contributed by atoms with Gasteiger partial charge in [-0.2, -0.15) is 0 Å². The van der Waals surface area contributed by atoms with Gasteiger partial charge in [0, 0.05) is 39.9 Å². The van der Waals surface area contributed by atoms with Gasteiger partial charge in [-0.25, -0.2) is 9.67 Å². The van der Waals surface area contributed by atoms with Gasteiger partial charge in [0.05, 0.1) is 6.20 Å². The highest BCUT2D eigenvalue weighted by atomic mass is 16.2. The third-order valence-electron chi connectivity index (χ3n) is 4.51. The van der Waals surface area contributed by atoms with Crippen molar-refractivity contribution < 1.29 is 9.59 Å². The zero-order chi connectivity index (χ0) is 19.2. The van der Waals surface area contributed by atoms with Gasteiger partial charge in [0.2, 0.25) is 5.91 Å². The van der Waals surface area contributed by atoms with Crippen LogP contribution in [0.2, 0.25) is 0 Å². The molecule has 1 aliphatic heterocycles. The lowest BCUT2D eigenvalue weighted by molar-refractivity contribution is -0.129. The smallest absolute Gasteiger partial charge is 0.273 e. The van der Waals surface area contributed by atoms with Gasteiger partial charge >= 0.3 is 0 Å². The van der Waals surface area contributed by atoms with E-state index >= 15 is 0 Å². The van der Waals surface area contributed by atoms with Gasteiger partial charge in [0.25, 0.3) is 5.91 Å². The molecule has 3 heterocycles. The standard InChI is InChI=1S/C18H25N7O2/c1-23(2)17(26)13-25-12-15(21-22-25)18(27)20-11-14-6-7-16(19-10-14)24-8-4-3-5-9-24/h6-7,10,12H,3-5,8-9,11,13H2,1-2H3,(H,20,27). The molecule has 0 atom stereocenters. The molecule has 0 unspecified atom stereocenters. The van der Waals surface area contributed by atoms with E-state index in [1.807, 2.05) is 12.1 Å². The highest BCUT2D eigenvalue weighted by molar-refractivity contribution is 5.91. The fraction of sp³-hybridized carbons (Fsp3) is 0.500. The van der Waals surface area contributed by atoms with Crippen LogP contribution in [0.3, 0.4) is 0 Å². The maximum Gasteiger partial charge on any atom is 0.273 e. The van der Waals surface area contributed by atoms with E-state index in [0.29, 0.717) is 6.54 Å². The molecule has 0 aromatic carbocycles. The van der Waals surface area contributed by atoms with Crippen LogP contribution in [0.15, 0.2) is 24.5 Å². The minimum Gasteiger partial charge on any atom is -0.357 e. The molecule has 0 aliphatic carbocycles. The predicted molar refractivity (Wildman–Crippen MR) is 100 cm³/mol. The van der Waals surface area contributed by atoms with E-state index in [-0.39, 0.29) is 24.1 Å². The Morgan fingerprint density at radius 2 is 1.96 bits per heavy atom. The van der Waals surface area contributed by atoms with Gasteiger partial charge in [-0.1, -0.05) is 11.3 Å². The number of aromatic nitrogens is 4. The number of amides is 2. The van der Waals surface area contributed by atoms with Crippen molar-refractivity contribution in [3.8, 4) is 0 Å². The zero-order valence-electron chi connectivity index (χ0n) is 15.8. The molecular weight excluding hydrogens is 346 g/mol. The summed E-state index contributed by atoms with van der Waals surface area (Å²) in [5.41, 5.74) is 1.10. The second kappa shape index (κ2) is 8.61. The summed E-state index contributed by atoms with van der Waals surface area (Å²) in [6.45, 7) is 2.51. The van der Waals surface area contributed by atoms with E-state index in [2.05, 4.69) is 25.5 Å². The minimum absolute atomic E-state index is 0.0508. The van der Waals surface area contributed by atoms with Crippen molar-refractivity contribution in [2.45, 2.75) is 32.4 Å². The van der Waals surface area contributed by atoms with Gasteiger partial charge in [0.1, 0.15) is 12.4 Å². The van der Waals surface area contributed by atoms with Crippen LogP contribution in [0, 0.1) is 0 Å². The number of nitrogens with zero attached hydrogens (tertiary/aromatic N) is 6. The molecule has 1 N–H and O–H groups in total. The van der Waals surface area contributed by atoms with Gasteiger partial charge in [-0.15, -0.1) is 5.10 Å². The Balaban J connectivity index is 1.51. The lowest BCUT2D eigenvalue weighted by atomic mass is 10.1. The first-order valence-electron chi connectivity index (χ1n) is 9.11. The minimum atomic E-state index is -0.335. The van der Waals surface area contributed by atoms with E-state index < -0.39 is 0 Å². The SMILES string of the molecule is CN(C)C(=O)Cn1cc(C(=O)NCc2ccc(N3CCCCC3)nc2)nn1. The second-order valence-electron chi connectivity index (χ2n) is 6.84. The highest BCUT2D eigenvalue weighted by Gasteiger charge is 2.14. The van der Waals surface area contributed by atoms with E-state index in [4.69, 9.17) is 0 Å². The predicted octanol–water partition coefficient (Wildman–Crippen LogP) is 0.682. The number of carbonyl (C=O) groups is 2. The molecule has 0 saturated carbocycles. The molecule has 1 aliphatic rings. The Morgan fingerprint density at radius 1 is 1.19 bits per heavy atom. The number of hydrogen-bond donors (Lipinski definition) is 1. The fourth-order valence-corrected chi connectivity index (χ4v) is 2.86. The fourth-order valence-electron chi connectivity index (χ4n) is 2.86. The summed E-state index contributed by atoms with van der Waals surface area (Å²) in [5.74, 6) is 0.531. The van der Waals surface area contributed by atoms with Crippen LogP contribution >= 0.6 is 0 Å². The van der Waals surface area contributed by atoms with Crippen LogP contribution in [0.25, 0.3) is 0 Å². The number of rotatable bonds is 6. The van der Waals surface area contributed by atoms with Crippen molar-refractivity contribution in [3.63, 3.8) is 0 Å². The molecule has 3 rings (SSSR count). The van der Waals surface area contributed by atoms with E-state index in [1.54, 1.807) is 20.3 Å². The lowest BCUT2D eigenvalue weighted by Gasteiger charge is -2.27. The Morgan fingerprint density at radius 3 is 2.63 bits per heavy atom. The van der Waals surface area contributed by atoms with Gasteiger partial charge < -0.3 is 15.1 Å². The summed E-state index contributed by atoms with van der Waals surface area (Å²) in [7, 11) is 3.33. The molecule has 144 valence electrons. The number of likely N-dealkylation sites (N-methyl/N-ethyl adjacent to an activating group) is 1. The lowest BCUT2D eigenvalue weighted by Crippen LogP contribution is -2.30. The van der Waals surface area contributed by atoms with Crippen molar-refractivity contribution in [1.82, 2.24) is 30.2 Å². The number of carbonyl (C=O) groups excluding carboxylic acids is 2. The Kier molecular flexibility index (Phi) is 6.00. The Hall–Kier alpha value is -2.97. The maximum atomic E-state index is 12.2. The zero-order valence-corrected chi connectivity index (χ0v) is 15.8. The third-order valence-corrected chi connectivity index (χ3v) is 4.51. The van der Waals surface area contributed by atoms with Crippen molar-refractivity contribution in [3.05, 3.63) is 35.8 Å². The van der Waals surface area contributed by atoms with Gasteiger partial charge in [-0.05, 0) is 30.9 Å². The molecule has 2 aromatic rings. The van der Waals surface area contributed by atoms with Crippen LogP contribution < -0.4 is 10.2 Å². The molecule has 1 fully saturated rings. The van der Waals surface area contributed by atoms with E-state index in [0.717, 1.165) is 24.5 Å². The third kappa shape index (κ3) is 5.02. The largest absolute Gasteiger partial charge is 0.357 e. The van der Waals surface area contributed by atoms with Crippen molar-refractivity contribution in [2.24, 2.45) is 0 Å². The summed E-state index contributed by atoms with van der Waals surface area (Å²) in [4.78, 5) is 32.1. The van der Waals surface area contributed by atoms with Gasteiger partial charge in [0.15, 0.2) is 5.69 Å². The summed E-state index contributed by atoms with van der Waals surface area (Å²) in [6, 6.07) is 3.97. The molecule has 2 aromatic heterocycles. The second-order valence-corrected chi connectivity index (χ2v) is 6.84. The molecule has 0 spiro atoms. The number of nitrogens with one attached hydrogen (secondary N) is 1. The van der Waals surface area contributed by atoms with Crippen LogP contribution in [0.1, 0.15) is 35.3 Å². The quantitative estimate of drug-likeness (QED) is 0.802. The van der Waals surface area contributed by atoms with Crippen LogP contribution in [0.5, 0.6) is 0 Å². The average molecular weight is 371 g/mol. The topological polar surface area (TPSA) is 96.2 Å². The average Bonchev–Trinajstić information content (AvgIpc) is 3.15. The van der Waals surface area contributed by atoms with E-state index in [1.165, 1.54) is 35.0 Å². The monoisotopic (exact) mass is 371 g/mol. The summed E-state index contributed by atoms with van der Waals surface area (Å²) in [5, 5.41) is 10.4.